The zero-order valence-corrected chi connectivity index (χ0v) is 18.7. The van der Waals surface area contributed by atoms with E-state index in [0.717, 1.165) is 4.31 Å². The number of amides is 2. The number of carbonyl (C=O) groups excluding carboxylic acids is 2. The number of hydrogen-bond acceptors (Lipinski definition) is 6. The minimum absolute atomic E-state index is 0.0187. The SMILES string of the molecule is CCN(C(=O)CN(C)S(=O)(=O)c1cc2c(cc1C)NC(=O)CO2)c1ccc(OC)cc1. The normalized spacial score (nSPS) is 13.3. The molecule has 9 nitrogen and oxygen atoms in total. The van der Waals surface area contributed by atoms with E-state index in [0.29, 0.717) is 29.2 Å². The second-order valence-electron chi connectivity index (χ2n) is 7.05. The number of nitrogens with one attached hydrogen (secondary N) is 1. The highest BCUT2D eigenvalue weighted by Gasteiger charge is 2.29. The Kier molecular flexibility index (Phi) is 6.51. The number of carbonyl (C=O) groups is 2. The van der Waals surface area contributed by atoms with Gasteiger partial charge in [0.1, 0.15) is 11.5 Å². The van der Waals surface area contributed by atoms with Crippen molar-refractivity contribution in [2.45, 2.75) is 18.7 Å². The lowest BCUT2D eigenvalue weighted by Gasteiger charge is -2.25. The van der Waals surface area contributed by atoms with E-state index in [1.54, 1.807) is 44.4 Å². The van der Waals surface area contributed by atoms with E-state index >= 15 is 0 Å². The fourth-order valence-corrected chi connectivity index (χ4v) is 4.63. The average molecular weight is 448 g/mol. The van der Waals surface area contributed by atoms with Gasteiger partial charge in [-0.3, -0.25) is 9.59 Å². The van der Waals surface area contributed by atoms with Gasteiger partial charge < -0.3 is 19.7 Å². The Morgan fingerprint density at radius 1 is 1.23 bits per heavy atom. The first-order chi connectivity index (χ1) is 14.7. The Hall–Kier alpha value is -3.11. The maximum absolute atomic E-state index is 13.2. The van der Waals surface area contributed by atoms with Gasteiger partial charge in [-0.05, 0) is 49.7 Å². The fraction of sp³-hybridized carbons (Fsp3) is 0.333. The van der Waals surface area contributed by atoms with Crippen LogP contribution in [-0.4, -0.2) is 58.4 Å². The van der Waals surface area contributed by atoms with Crippen LogP contribution in [0.25, 0.3) is 0 Å². The van der Waals surface area contributed by atoms with Crippen molar-refractivity contribution in [3.8, 4) is 11.5 Å². The minimum Gasteiger partial charge on any atom is -0.497 e. The predicted molar refractivity (Wildman–Crippen MR) is 116 cm³/mol. The third kappa shape index (κ3) is 4.64. The van der Waals surface area contributed by atoms with Crippen LogP contribution >= 0.6 is 0 Å². The molecule has 1 aliphatic heterocycles. The molecule has 0 radical (unpaired) electrons. The lowest BCUT2D eigenvalue weighted by molar-refractivity contribution is -0.119. The molecule has 0 fully saturated rings. The molecule has 10 heteroatoms. The van der Waals surface area contributed by atoms with Gasteiger partial charge in [0.2, 0.25) is 15.9 Å². The highest BCUT2D eigenvalue weighted by Crippen LogP contribution is 2.34. The van der Waals surface area contributed by atoms with Gasteiger partial charge in [-0.15, -0.1) is 0 Å². The fourth-order valence-electron chi connectivity index (χ4n) is 3.29. The Bertz CT molecular complexity index is 1100. The van der Waals surface area contributed by atoms with E-state index in [-0.39, 0.29) is 35.6 Å². The topological polar surface area (TPSA) is 105 Å². The van der Waals surface area contributed by atoms with Crippen LogP contribution in [0.2, 0.25) is 0 Å². The maximum Gasteiger partial charge on any atom is 0.262 e. The van der Waals surface area contributed by atoms with Crippen molar-refractivity contribution in [3.05, 3.63) is 42.0 Å². The van der Waals surface area contributed by atoms with Gasteiger partial charge in [0.25, 0.3) is 5.91 Å². The van der Waals surface area contributed by atoms with Gasteiger partial charge in [0.05, 0.1) is 24.2 Å². The van der Waals surface area contributed by atoms with Crippen molar-refractivity contribution in [1.82, 2.24) is 4.31 Å². The molecule has 0 bridgehead atoms. The summed E-state index contributed by atoms with van der Waals surface area (Å²) in [5.41, 5.74) is 1.50. The monoisotopic (exact) mass is 447 g/mol. The summed E-state index contributed by atoms with van der Waals surface area (Å²) in [5.74, 6) is 0.270. The Morgan fingerprint density at radius 3 is 2.52 bits per heavy atom. The molecule has 2 aromatic carbocycles. The second kappa shape index (κ2) is 8.94. The van der Waals surface area contributed by atoms with Crippen molar-refractivity contribution in [2.75, 3.05) is 44.1 Å². The minimum atomic E-state index is -3.97. The van der Waals surface area contributed by atoms with Crippen molar-refractivity contribution in [2.24, 2.45) is 0 Å². The summed E-state index contributed by atoms with van der Waals surface area (Å²) in [6.07, 6.45) is 0. The Morgan fingerprint density at radius 2 is 1.90 bits per heavy atom. The van der Waals surface area contributed by atoms with E-state index < -0.39 is 10.0 Å². The molecule has 1 aliphatic rings. The first-order valence-electron chi connectivity index (χ1n) is 9.65. The maximum atomic E-state index is 13.2. The zero-order chi connectivity index (χ0) is 22.8. The second-order valence-corrected chi connectivity index (χ2v) is 9.06. The largest absolute Gasteiger partial charge is 0.497 e. The molecule has 2 amide bonds. The zero-order valence-electron chi connectivity index (χ0n) is 17.8. The number of aryl methyl sites for hydroxylation is 1. The lowest BCUT2D eigenvalue weighted by atomic mass is 10.2. The van der Waals surface area contributed by atoms with E-state index in [1.165, 1.54) is 18.0 Å². The molecule has 166 valence electrons. The summed E-state index contributed by atoms with van der Waals surface area (Å²) < 4.78 is 37.8. The average Bonchev–Trinajstić information content (AvgIpc) is 2.74. The van der Waals surface area contributed by atoms with Crippen LogP contribution in [0.15, 0.2) is 41.3 Å². The molecular weight excluding hydrogens is 422 g/mol. The first-order valence-corrected chi connectivity index (χ1v) is 11.1. The van der Waals surface area contributed by atoms with Crippen LogP contribution in [0.4, 0.5) is 11.4 Å². The third-order valence-corrected chi connectivity index (χ3v) is 6.90. The number of ether oxygens (including phenoxy) is 2. The highest BCUT2D eigenvalue weighted by molar-refractivity contribution is 7.89. The van der Waals surface area contributed by atoms with Gasteiger partial charge >= 0.3 is 0 Å². The van der Waals surface area contributed by atoms with Crippen LogP contribution in [0.5, 0.6) is 11.5 Å². The van der Waals surface area contributed by atoms with Crippen molar-refractivity contribution >= 4 is 33.2 Å². The van der Waals surface area contributed by atoms with E-state index in [4.69, 9.17) is 9.47 Å². The Balaban J connectivity index is 1.82. The number of rotatable bonds is 7. The number of anilines is 2. The van der Waals surface area contributed by atoms with Gasteiger partial charge in [-0.2, -0.15) is 4.31 Å². The van der Waals surface area contributed by atoms with Crippen LogP contribution in [-0.2, 0) is 19.6 Å². The summed E-state index contributed by atoms with van der Waals surface area (Å²) in [4.78, 5) is 25.9. The number of benzene rings is 2. The number of hydrogen-bond donors (Lipinski definition) is 1. The van der Waals surface area contributed by atoms with Gasteiger partial charge in [-0.1, -0.05) is 0 Å². The van der Waals surface area contributed by atoms with Crippen molar-refractivity contribution in [1.29, 1.82) is 0 Å². The van der Waals surface area contributed by atoms with Gasteiger partial charge in [0, 0.05) is 25.3 Å². The van der Waals surface area contributed by atoms with Crippen molar-refractivity contribution < 1.29 is 27.5 Å². The summed E-state index contributed by atoms with van der Waals surface area (Å²) in [6.45, 7) is 3.30. The van der Waals surface area contributed by atoms with Gasteiger partial charge in [0.15, 0.2) is 6.61 Å². The molecule has 0 aromatic heterocycles. The highest BCUT2D eigenvalue weighted by atomic mass is 32.2. The molecule has 1 heterocycles. The number of sulfonamides is 1. The number of fused-ring (bicyclic) bond motifs is 1. The van der Waals surface area contributed by atoms with E-state index in [2.05, 4.69) is 5.32 Å². The molecule has 0 atom stereocenters. The van der Waals surface area contributed by atoms with Crippen LogP contribution in [0.1, 0.15) is 12.5 Å². The molecule has 0 spiro atoms. The van der Waals surface area contributed by atoms with Gasteiger partial charge in [-0.25, -0.2) is 8.42 Å². The standard InChI is InChI=1S/C21H25N3O6S/c1-5-24(15-6-8-16(29-4)9-7-15)21(26)12-23(3)31(27,28)19-11-18-17(10-14(19)2)22-20(25)13-30-18/h6-11H,5,12-13H2,1-4H3,(H,22,25). The quantitative estimate of drug-likeness (QED) is 0.696. The van der Waals surface area contributed by atoms with Crippen LogP contribution in [0, 0.1) is 6.92 Å². The molecule has 3 rings (SSSR count). The molecule has 0 aliphatic carbocycles. The predicted octanol–water partition coefficient (Wildman–Crippen LogP) is 2.01. The Labute approximate surface area is 181 Å². The molecule has 0 saturated heterocycles. The molecule has 0 saturated carbocycles. The van der Waals surface area contributed by atoms with E-state index in [9.17, 15) is 18.0 Å². The summed E-state index contributed by atoms with van der Waals surface area (Å²) >= 11 is 0. The smallest absolute Gasteiger partial charge is 0.262 e. The number of nitrogens with zero attached hydrogens (tertiary/aromatic N) is 2. The van der Waals surface area contributed by atoms with Crippen LogP contribution in [0.3, 0.4) is 0 Å². The molecule has 1 N–H and O–H groups in total. The number of likely N-dealkylation sites (N-methyl/N-ethyl adjacent to an activating group) is 2. The summed E-state index contributed by atoms with van der Waals surface area (Å²) in [5, 5.41) is 2.65. The number of methoxy groups -OCH3 is 1. The molecule has 0 unspecified atom stereocenters. The van der Waals surface area contributed by atoms with Crippen LogP contribution < -0.4 is 19.7 Å². The first kappa shape index (κ1) is 22.6. The third-order valence-electron chi connectivity index (χ3n) is 4.96. The molecule has 31 heavy (non-hydrogen) atoms. The molecule has 2 aromatic rings. The molecular formula is C21H25N3O6S. The van der Waals surface area contributed by atoms with E-state index in [1.807, 2.05) is 6.92 Å². The summed E-state index contributed by atoms with van der Waals surface area (Å²) in [6, 6.07) is 9.88. The summed E-state index contributed by atoms with van der Waals surface area (Å²) in [7, 11) is -1.06. The lowest BCUT2D eigenvalue weighted by Crippen LogP contribution is -2.41. The van der Waals surface area contributed by atoms with Crippen molar-refractivity contribution in [3.63, 3.8) is 0 Å².